The number of hydrogen-bond donors (Lipinski definition) is 1. The van der Waals surface area contributed by atoms with Crippen LogP contribution in [0.15, 0.2) is 34.7 Å². The lowest BCUT2D eigenvalue weighted by Crippen LogP contribution is -2.30. The molecule has 0 aromatic carbocycles. The molecule has 0 unspecified atom stereocenters. The number of nitrogens with one attached hydrogen (secondary N) is 1. The molecule has 3 aromatic rings. The summed E-state index contributed by atoms with van der Waals surface area (Å²) in [6, 6.07) is 9.21. The zero-order chi connectivity index (χ0) is 16.4. The molecule has 3 aromatic heterocycles. The number of thiophene rings is 1. The number of amides is 1. The molecule has 0 fully saturated rings. The van der Waals surface area contributed by atoms with Crippen molar-refractivity contribution in [1.82, 2.24) is 15.1 Å². The number of hydrogen-bond acceptors (Lipinski definition) is 4. The van der Waals surface area contributed by atoms with Gasteiger partial charge in [0.05, 0.1) is 10.9 Å². The third-order valence-electron chi connectivity index (χ3n) is 3.45. The van der Waals surface area contributed by atoms with Crippen LogP contribution >= 0.6 is 22.9 Å². The zero-order valence-electron chi connectivity index (χ0n) is 12.8. The molecule has 23 heavy (non-hydrogen) atoms. The van der Waals surface area contributed by atoms with E-state index in [0.29, 0.717) is 30.2 Å². The van der Waals surface area contributed by atoms with E-state index >= 15 is 0 Å². The normalized spacial score (nSPS) is 10.9. The Bertz CT molecular complexity index is 821. The van der Waals surface area contributed by atoms with Gasteiger partial charge in [0.25, 0.3) is 5.91 Å². The summed E-state index contributed by atoms with van der Waals surface area (Å²) in [5.41, 5.74) is 1.07. The Hall–Kier alpha value is -2.05. The molecule has 7 heteroatoms. The third-order valence-corrected chi connectivity index (χ3v) is 4.66. The summed E-state index contributed by atoms with van der Waals surface area (Å²) in [5.74, 6) is 1.36. The number of furan rings is 1. The molecule has 1 N–H and O–H groups in total. The first kappa shape index (κ1) is 15.8. The van der Waals surface area contributed by atoms with Crippen molar-refractivity contribution in [2.24, 2.45) is 0 Å². The zero-order valence-corrected chi connectivity index (χ0v) is 14.4. The average Bonchev–Trinajstić information content (AvgIpc) is 3.25. The first-order valence-electron chi connectivity index (χ1n) is 7.22. The van der Waals surface area contributed by atoms with Gasteiger partial charge in [-0.1, -0.05) is 11.6 Å². The van der Waals surface area contributed by atoms with E-state index in [2.05, 4.69) is 10.2 Å². The SMILES string of the molecule is CCN(Cc1ccc(Cl)s1)C(=O)c1cc(-c2ccc(C)o2)[nH]n1. The van der Waals surface area contributed by atoms with Crippen LogP contribution in [-0.4, -0.2) is 27.5 Å². The molecule has 0 saturated carbocycles. The maximum absolute atomic E-state index is 12.6. The molecule has 0 aliphatic carbocycles. The maximum Gasteiger partial charge on any atom is 0.274 e. The van der Waals surface area contributed by atoms with Gasteiger partial charge in [-0.2, -0.15) is 5.10 Å². The Morgan fingerprint density at radius 2 is 2.22 bits per heavy atom. The van der Waals surface area contributed by atoms with Gasteiger partial charge in [0.2, 0.25) is 0 Å². The average molecular weight is 350 g/mol. The molecule has 0 saturated heterocycles. The van der Waals surface area contributed by atoms with Crippen LogP contribution in [0, 0.1) is 6.92 Å². The Labute approximate surface area is 142 Å². The second kappa shape index (κ2) is 6.60. The molecule has 1 amide bonds. The Morgan fingerprint density at radius 3 is 2.83 bits per heavy atom. The lowest BCUT2D eigenvalue weighted by Gasteiger charge is -2.18. The van der Waals surface area contributed by atoms with Crippen molar-refractivity contribution < 1.29 is 9.21 Å². The summed E-state index contributed by atoms with van der Waals surface area (Å²) in [7, 11) is 0. The third kappa shape index (κ3) is 3.48. The minimum Gasteiger partial charge on any atom is -0.460 e. The van der Waals surface area contributed by atoms with E-state index in [-0.39, 0.29) is 5.91 Å². The number of aromatic amines is 1. The van der Waals surface area contributed by atoms with Crippen LogP contribution in [0.25, 0.3) is 11.5 Å². The molecular weight excluding hydrogens is 334 g/mol. The lowest BCUT2D eigenvalue weighted by atomic mass is 10.2. The molecule has 0 radical (unpaired) electrons. The van der Waals surface area contributed by atoms with Crippen molar-refractivity contribution in [1.29, 1.82) is 0 Å². The highest BCUT2D eigenvalue weighted by atomic mass is 35.5. The highest BCUT2D eigenvalue weighted by Gasteiger charge is 2.19. The summed E-state index contributed by atoms with van der Waals surface area (Å²) >= 11 is 7.42. The van der Waals surface area contributed by atoms with Gasteiger partial charge in [0.15, 0.2) is 11.5 Å². The fourth-order valence-corrected chi connectivity index (χ4v) is 3.35. The first-order valence-corrected chi connectivity index (χ1v) is 8.42. The fourth-order valence-electron chi connectivity index (χ4n) is 2.25. The number of halogens is 1. The molecule has 120 valence electrons. The van der Waals surface area contributed by atoms with Crippen LogP contribution in [0.3, 0.4) is 0 Å². The van der Waals surface area contributed by atoms with Gasteiger partial charge in [0, 0.05) is 17.5 Å². The van der Waals surface area contributed by atoms with Crippen molar-refractivity contribution >= 4 is 28.8 Å². The van der Waals surface area contributed by atoms with Crippen LogP contribution in [0.5, 0.6) is 0 Å². The van der Waals surface area contributed by atoms with E-state index < -0.39 is 0 Å². The molecule has 0 aliphatic heterocycles. The van der Waals surface area contributed by atoms with Crippen LogP contribution in [0.1, 0.15) is 28.0 Å². The predicted molar refractivity (Wildman–Crippen MR) is 90.8 cm³/mol. The minimum atomic E-state index is -0.122. The predicted octanol–water partition coefficient (Wildman–Crippen LogP) is 4.36. The van der Waals surface area contributed by atoms with Gasteiger partial charge < -0.3 is 9.32 Å². The smallest absolute Gasteiger partial charge is 0.274 e. The van der Waals surface area contributed by atoms with Gasteiger partial charge >= 0.3 is 0 Å². The number of rotatable bonds is 5. The van der Waals surface area contributed by atoms with Crippen molar-refractivity contribution in [2.45, 2.75) is 20.4 Å². The highest BCUT2D eigenvalue weighted by Crippen LogP contribution is 2.24. The Morgan fingerprint density at radius 1 is 1.39 bits per heavy atom. The van der Waals surface area contributed by atoms with E-state index in [1.165, 1.54) is 11.3 Å². The largest absolute Gasteiger partial charge is 0.460 e. The fraction of sp³-hybridized carbons (Fsp3) is 0.250. The van der Waals surface area contributed by atoms with Crippen LogP contribution in [0.4, 0.5) is 0 Å². The summed E-state index contributed by atoms with van der Waals surface area (Å²) < 4.78 is 6.26. The molecule has 0 atom stereocenters. The standard InChI is InChI=1S/C16H16ClN3O2S/c1-3-20(9-11-5-7-15(17)23-11)16(21)13-8-12(18-19-13)14-6-4-10(2)22-14/h4-8H,3,9H2,1-2H3,(H,18,19). The quantitative estimate of drug-likeness (QED) is 0.744. The van der Waals surface area contributed by atoms with E-state index in [4.69, 9.17) is 16.0 Å². The number of aryl methyl sites for hydroxylation is 1. The van der Waals surface area contributed by atoms with Crippen molar-refractivity contribution in [3.8, 4) is 11.5 Å². The van der Waals surface area contributed by atoms with E-state index in [1.54, 1.807) is 11.0 Å². The minimum absolute atomic E-state index is 0.122. The molecule has 0 spiro atoms. The summed E-state index contributed by atoms with van der Waals surface area (Å²) in [6.45, 7) is 4.93. The van der Waals surface area contributed by atoms with Gasteiger partial charge in [-0.3, -0.25) is 9.89 Å². The Kier molecular flexibility index (Phi) is 4.54. The topological polar surface area (TPSA) is 62.1 Å². The summed E-state index contributed by atoms with van der Waals surface area (Å²) in [6.07, 6.45) is 0. The van der Waals surface area contributed by atoms with Crippen LogP contribution < -0.4 is 0 Å². The van der Waals surface area contributed by atoms with Crippen LogP contribution in [0.2, 0.25) is 4.34 Å². The number of carbonyl (C=O) groups excluding carboxylic acids is 1. The van der Waals surface area contributed by atoms with E-state index in [0.717, 1.165) is 15.0 Å². The van der Waals surface area contributed by atoms with Gasteiger partial charge in [-0.05, 0) is 38.1 Å². The summed E-state index contributed by atoms with van der Waals surface area (Å²) in [4.78, 5) is 15.4. The van der Waals surface area contributed by atoms with Gasteiger partial charge in [-0.25, -0.2) is 0 Å². The van der Waals surface area contributed by atoms with Gasteiger partial charge in [-0.15, -0.1) is 11.3 Å². The molecule has 5 nitrogen and oxygen atoms in total. The van der Waals surface area contributed by atoms with Crippen molar-refractivity contribution in [2.75, 3.05) is 6.54 Å². The highest BCUT2D eigenvalue weighted by molar-refractivity contribution is 7.16. The number of nitrogens with zero attached hydrogens (tertiary/aromatic N) is 2. The molecule has 3 heterocycles. The van der Waals surface area contributed by atoms with Gasteiger partial charge in [0.1, 0.15) is 11.5 Å². The van der Waals surface area contributed by atoms with E-state index in [9.17, 15) is 4.79 Å². The first-order chi connectivity index (χ1) is 11.1. The molecule has 3 rings (SSSR count). The molecular formula is C16H16ClN3O2S. The molecule has 0 aliphatic rings. The lowest BCUT2D eigenvalue weighted by molar-refractivity contribution is 0.0748. The summed E-state index contributed by atoms with van der Waals surface area (Å²) in [5, 5.41) is 6.97. The maximum atomic E-state index is 12.6. The van der Waals surface area contributed by atoms with Crippen molar-refractivity contribution in [3.05, 3.63) is 51.0 Å². The number of carbonyl (C=O) groups is 1. The van der Waals surface area contributed by atoms with E-state index in [1.807, 2.05) is 38.1 Å². The van der Waals surface area contributed by atoms with Crippen molar-refractivity contribution in [3.63, 3.8) is 0 Å². The Balaban J connectivity index is 1.77. The monoisotopic (exact) mass is 349 g/mol. The second-order valence-electron chi connectivity index (χ2n) is 5.10. The van der Waals surface area contributed by atoms with Crippen LogP contribution in [-0.2, 0) is 6.54 Å². The second-order valence-corrected chi connectivity index (χ2v) is 6.90. The number of H-pyrrole nitrogens is 1. The number of aromatic nitrogens is 2. The molecule has 0 bridgehead atoms.